The van der Waals surface area contributed by atoms with Gasteiger partial charge in [-0.05, 0) is 47.0 Å². The van der Waals surface area contributed by atoms with E-state index >= 15 is 0 Å². The highest BCUT2D eigenvalue weighted by molar-refractivity contribution is 6.19. The number of hydrogen-bond acceptors (Lipinski definition) is 5. The Kier molecular flexibility index (Phi) is 9.84. The van der Waals surface area contributed by atoms with Gasteiger partial charge in [0, 0.05) is 5.59 Å². The van der Waals surface area contributed by atoms with Crippen molar-refractivity contribution in [3.63, 3.8) is 0 Å². The Morgan fingerprint density at radius 1 is 1.27 bits per heavy atom. The van der Waals surface area contributed by atoms with Crippen molar-refractivity contribution in [2.45, 2.75) is 58.1 Å². The molecular weight excluding hydrogens is 314 g/mol. The average Bonchev–Trinajstić information content (AvgIpc) is 2.38. The van der Waals surface area contributed by atoms with Crippen molar-refractivity contribution in [1.29, 1.82) is 0 Å². The predicted octanol–water partition coefficient (Wildman–Crippen LogP) is 2.76. The summed E-state index contributed by atoms with van der Waals surface area (Å²) in [5.41, 5.74) is 1.30. The van der Waals surface area contributed by atoms with Gasteiger partial charge in [-0.2, -0.15) is 0 Å². The summed E-state index contributed by atoms with van der Waals surface area (Å²) in [5.74, 6) is 0. The molecule has 0 aliphatic rings. The number of alkyl halides is 1. The fourth-order valence-corrected chi connectivity index (χ4v) is 1.28. The van der Waals surface area contributed by atoms with Crippen molar-refractivity contribution in [1.82, 2.24) is 10.6 Å². The third-order valence-electron chi connectivity index (χ3n) is 2.76. The van der Waals surface area contributed by atoms with Crippen molar-refractivity contribution in [2.75, 3.05) is 20.3 Å². The van der Waals surface area contributed by atoms with Crippen molar-refractivity contribution in [3.8, 4) is 0 Å². The Balaban J connectivity index is 3.52. The fraction of sp³-hybridized carbons (Fsp3) is 0.923. The second-order valence-electron chi connectivity index (χ2n) is 5.73. The molecule has 1 N–H and O–H groups in total. The molecule has 0 bridgehead atoms. The van der Waals surface area contributed by atoms with Crippen LogP contribution in [0, 0.1) is 4.91 Å². The molecule has 130 valence electrons. The maximum atomic E-state index is 11.6. The van der Waals surface area contributed by atoms with Crippen molar-refractivity contribution in [3.05, 3.63) is 4.91 Å². The van der Waals surface area contributed by atoms with Gasteiger partial charge in [0.25, 0.3) is 4.98 Å². The summed E-state index contributed by atoms with van der Waals surface area (Å²) in [4.78, 5) is 28.2. The van der Waals surface area contributed by atoms with E-state index in [1.807, 2.05) is 20.8 Å². The summed E-state index contributed by atoms with van der Waals surface area (Å²) >= 11 is 5.47. The second-order valence-corrected chi connectivity index (χ2v) is 6.34. The minimum Gasteiger partial charge on any atom is -0.434 e. The lowest BCUT2D eigenvalue weighted by Crippen LogP contribution is -2.49. The summed E-state index contributed by atoms with van der Waals surface area (Å²) < 4.78 is 9.40. The van der Waals surface area contributed by atoms with Gasteiger partial charge >= 0.3 is 6.16 Å². The van der Waals surface area contributed by atoms with Crippen LogP contribution in [0.2, 0.25) is 0 Å². The number of hydrazine groups is 2. The van der Waals surface area contributed by atoms with Gasteiger partial charge in [0.1, 0.15) is 0 Å². The number of carbonyl (C=O) groups excluding carboxylic acids is 1. The number of unbranched alkanes of at least 4 members (excludes halogenated alkanes) is 2. The number of nitrogens with one attached hydrogen (secondary N) is 1. The molecule has 0 radical (unpaired) electrons. The molecule has 0 saturated heterocycles. The van der Waals surface area contributed by atoms with Crippen LogP contribution in [0.15, 0.2) is 0 Å². The van der Waals surface area contributed by atoms with Crippen LogP contribution in [0.4, 0.5) is 4.79 Å². The minimum atomic E-state index is -0.771. The summed E-state index contributed by atoms with van der Waals surface area (Å²) in [6.07, 6.45) is 1.43. The van der Waals surface area contributed by atoms with Crippen LogP contribution in [0.25, 0.3) is 0 Å². The van der Waals surface area contributed by atoms with E-state index in [1.54, 1.807) is 7.05 Å². The molecule has 0 amide bonds. The largest absolute Gasteiger partial charge is 0.509 e. The molecule has 0 spiro atoms. The first kappa shape index (κ1) is 20.7. The molecule has 0 saturated carbocycles. The number of nitroso groups, excluding NO2 is 1. The van der Waals surface area contributed by atoms with Gasteiger partial charge in [-0.25, -0.2) is 9.63 Å². The molecular formula is C13H27ClN3O5+. The van der Waals surface area contributed by atoms with Crippen molar-refractivity contribution < 1.29 is 24.1 Å². The Labute approximate surface area is 136 Å². The first-order valence-electron chi connectivity index (χ1n) is 7.20. The summed E-state index contributed by atoms with van der Waals surface area (Å²) in [7, 11) is 1.67. The quantitative estimate of drug-likeness (QED) is 0.215. The Morgan fingerprint density at radius 3 is 2.41 bits per heavy atom. The first-order chi connectivity index (χ1) is 10.1. The molecule has 0 aliphatic carbocycles. The average molecular weight is 341 g/mol. The number of carbonyl (C=O) groups is 1. The molecule has 1 unspecified atom stereocenters. The van der Waals surface area contributed by atoms with Crippen LogP contribution in [-0.4, -0.2) is 47.5 Å². The van der Waals surface area contributed by atoms with Gasteiger partial charge in [-0.15, -0.1) is 5.01 Å². The third-order valence-corrected chi connectivity index (χ3v) is 2.84. The molecule has 1 atom stereocenters. The molecule has 0 aromatic heterocycles. The van der Waals surface area contributed by atoms with Crippen molar-refractivity contribution in [2.24, 2.45) is 0 Å². The molecule has 0 aromatic carbocycles. The number of rotatable bonds is 10. The van der Waals surface area contributed by atoms with Gasteiger partial charge in [0.2, 0.25) is 0 Å². The minimum absolute atomic E-state index is 0.260. The Hall–Kier alpha value is -1.28. The molecule has 0 aromatic rings. The number of nitrogens with zero attached hydrogens (tertiary/aromatic N) is 2. The molecule has 0 fully saturated rings. The summed E-state index contributed by atoms with van der Waals surface area (Å²) in [6.45, 7) is 7.90. The SMILES string of the molecule is CC(Cl)OC(=O)OCCCCCON[N+](=O)N(C)C(C)(C)C. The number of halogens is 1. The summed E-state index contributed by atoms with van der Waals surface area (Å²) in [5, 5.41) is 1.48. The van der Waals surface area contributed by atoms with Crippen LogP contribution in [0.1, 0.15) is 47.0 Å². The van der Waals surface area contributed by atoms with Gasteiger partial charge in [-0.1, -0.05) is 11.6 Å². The number of hydrogen-bond donors (Lipinski definition) is 1. The van der Waals surface area contributed by atoms with E-state index < -0.39 is 11.7 Å². The smallest absolute Gasteiger partial charge is 0.434 e. The van der Waals surface area contributed by atoms with Gasteiger partial charge in [-0.3, -0.25) is 0 Å². The van der Waals surface area contributed by atoms with E-state index in [0.717, 1.165) is 12.8 Å². The van der Waals surface area contributed by atoms with E-state index in [0.29, 0.717) is 18.0 Å². The Bertz CT molecular complexity index is 347. The lowest BCUT2D eigenvalue weighted by molar-refractivity contribution is -0.795. The lowest BCUT2D eigenvalue weighted by atomic mass is 10.1. The Morgan fingerprint density at radius 2 is 1.86 bits per heavy atom. The zero-order chi connectivity index (χ0) is 17.2. The molecule has 0 aliphatic heterocycles. The molecule has 8 nitrogen and oxygen atoms in total. The van der Waals surface area contributed by atoms with Crippen LogP contribution in [-0.2, 0) is 14.3 Å². The molecule has 0 rings (SSSR count). The van der Waals surface area contributed by atoms with E-state index in [4.69, 9.17) is 21.2 Å². The normalized spacial score (nSPS) is 12.5. The third kappa shape index (κ3) is 10.4. The van der Waals surface area contributed by atoms with E-state index in [9.17, 15) is 9.70 Å². The second kappa shape index (κ2) is 10.4. The molecule has 9 heteroatoms. The highest BCUT2D eigenvalue weighted by Crippen LogP contribution is 2.09. The van der Waals surface area contributed by atoms with Gasteiger partial charge in [0.15, 0.2) is 5.56 Å². The topological polar surface area (TPSA) is 80.1 Å². The molecule has 0 heterocycles. The van der Waals surface area contributed by atoms with Crippen LogP contribution in [0.5, 0.6) is 0 Å². The van der Waals surface area contributed by atoms with E-state index in [-0.39, 0.29) is 12.1 Å². The lowest BCUT2D eigenvalue weighted by Gasteiger charge is -2.22. The first-order valence-corrected chi connectivity index (χ1v) is 7.64. The standard InChI is InChI=1S/C13H27ClN3O5/c1-11(14)22-12(18)20-9-7-6-8-10-21-15-17(19)16(5)13(2,3)4/h11H,6-10H2,1-5H3,(H,15,19)/q+1. The van der Waals surface area contributed by atoms with Gasteiger partial charge in [0.05, 0.1) is 30.7 Å². The maximum Gasteiger partial charge on any atom is 0.509 e. The zero-order valence-electron chi connectivity index (χ0n) is 13.9. The van der Waals surface area contributed by atoms with Crippen molar-refractivity contribution >= 4 is 17.8 Å². The maximum absolute atomic E-state index is 11.6. The predicted molar refractivity (Wildman–Crippen MR) is 81.8 cm³/mol. The van der Waals surface area contributed by atoms with Crippen LogP contribution in [0.3, 0.4) is 0 Å². The fourth-order valence-electron chi connectivity index (χ4n) is 1.21. The number of ether oxygens (including phenoxy) is 2. The van der Waals surface area contributed by atoms with E-state index in [1.165, 1.54) is 11.9 Å². The summed E-state index contributed by atoms with van der Waals surface area (Å²) in [6, 6.07) is 0. The van der Waals surface area contributed by atoms with Crippen LogP contribution >= 0.6 is 11.6 Å². The van der Waals surface area contributed by atoms with E-state index in [2.05, 4.69) is 10.3 Å². The van der Waals surface area contributed by atoms with Gasteiger partial charge < -0.3 is 9.47 Å². The highest BCUT2D eigenvalue weighted by atomic mass is 35.5. The monoisotopic (exact) mass is 340 g/mol. The van der Waals surface area contributed by atoms with Crippen LogP contribution < -0.4 is 5.59 Å². The molecule has 22 heavy (non-hydrogen) atoms. The highest BCUT2D eigenvalue weighted by Gasteiger charge is 2.29. The zero-order valence-corrected chi connectivity index (χ0v) is 14.7.